The van der Waals surface area contributed by atoms with Crippen molar-refractivity contribution in [1.29, 1.82) is 5.26 Å². The summed E-state index contributed by atoms with van der Waals surface area (Å²) in [7, 11) is 0. The Morgan fingerprint density at radius 1 is 1.28 bits per heavy atom. The number of benzene rings is 2. The minimum absolute atomic E-state index is 0.0610. The van der Waals surface area contributed by atoms with Gasteiger partial charge in [-0.1, -0.05) is 6.07 Å². The van der Waals surface area contributed by atoms with Gasteiger partial charge in [0.2, 0.25) is 5.91 Å². The molecule has 1 heterocycles. The second-order valence-corrected chi connectivity index (χ2v) is 6.93. The first-order valence-corrected chi connectivity index (χ1v) is 9.69. The zero-order valence-corrected chi connectivity index (χ0v) is 16.3. The quantitative estimate of drug-likeness (QED) is 0.623. The fourth-order valence-corrected chi connectivity index (χ4v) is 3.50. The first kappa shape index (κ1) is 20.4. The van der Waals surface area contributed by atoms with Gasteiger partial charge in [-0.3, -0.25) is 4.79 Å². The van der Waals surface area contributed by atoms with E-state index in [4.69, 9.17) is 4.74 Å². The fourth-order valence-electron chi connectivity index (χ4n) is 2.67. The van der Waals surface area contributed by atoms with Gasteiger partial charge in [-0.2, -0.15) is 5.26 Å². The maximum absolute atomic E-state index is 13.9. The summed E-state index contributed by atoms with van der Waals surface area (Å²) in [6.45, 7) is 2.49. The summed E-state index contributed by atoms with van der Waals surface area (Å²) in [6.07, 6.45) is -0.0610. The normalized spacial score (nSPS) is 11.5. The summed E-state index contributed by atoms with van der Waals surface area (Å²) in [5.74, 6) is -1.35. The van der Waals surface area contributed by atoms with Crippen LogP contribution in [0.4, 0.5) is 8.78 Å². The van der Waals surface area contributed by atoms with Gasteiger partial charge in [-0.15, -0.1) is 11.3 Å². The number of carbonyl (C=O) groups is 1. The first-order chi connectivity index (χ1) is 14.0. The average molecular weight is 413 g/mol. The molecule has 1 unspecified atom stereocenters. The van der Waals surface area contributed by atoms with E-state index in [-0.39, 0.29) is 12.0 Å². The molecule has 148 valence electrons. The Kier molecular flexibility index (Phi) is 6.52. The van der Waals surface area contributed by atoms with E-state index in [1.165, 1.54) is 11.3 Å². The van der Waals surface area contributed by atoms with Gasteiger partial charge in [0.25, 0.3) is 0 Å². The Morgan fingerprint density at radius 2 is 2.03 bits per heavy atom. The van der Waals surface area contributed by atoms with Crippen LogP contribution in [0.15, 0.2) is 47.8 Å². The van der Waals surface area contributed by atoms with Crippen LogP contribution in [0.3, 0.4) is 0 Å². The van der Waals surface area contributed by atoms with Crippen molar-refractivity contribution in [2.75, 3.05) is 6.61 Å². The Morgan fingerprint density at radius 3 is 2.69 bits per heavy atom. The molecular formula is C21H17F2N3O2S. The van der Waals surface area contributed by atoms with Gasteiger partial charge < -0.3 is 10.1 Å². The summed E-state index contributed by atoms with van der Waals surface area (Å²) >= 11 is 1.39. The smallest absolute Gasteiger partial charge is 0.227 e. The van der Waals surface area contributed by atoms with Crippen LogP contribution in [-0.2, 0) is 11.2 Å². The minimum atomic E-state index is -1.22. The van der Waals surface area contributed by atoms with Crippen molar-refractivity contribution in [2.24, 2.45) is 0 Å². The number of hydrogen-bond donors (Lipinski definition) is 1. The average Bonchev–Trinajstić information content (AvgIpc) is 3.16. The second-order valence-electron chi connectivity index (χ2n) is 6.07. The molecule has 0 saturated carbocycles. The lowest BCUT2D eigenvalue weighted by molar-refractivity contribution is -0.120. The van der Waals surface area contributed by atoms with E-state index >= 15 is 0 Å². The Bertz CT molecular complexity index is 1040. The van der Waals surface area contributed by atoms with E-state index < -0.39 is 23.6 Å². The lowest BCUT2D eigenvalue weighted by atomic mass is 10.1. The molecule has 8 heteroatoms. The number of halogens is 2. The third-order valence-corrected chi connectivity index (χ3v) is 4.95. The van der Waals surface area contributed by atoms with Gasteiger partial charge in [0, 0.05) is 22.6 Å². The lowest BCUT2D eigenvalue weighted by Crippen LogP contribution is -2.29. The molecule has 3 rings (SSSR count). The zero-order valence-electron chi connectivity index (χ0n) is 15.5. The number of hydrogen-bond acceptors (Lipinski definition) is 5. The van der Waals surface area contributed by atoms with Crippen molar-refractivity contribution in [2.45, 2.75) is 19.4 Å². The molecule has 29 heavy (non-hydrogen) atoms. The molecule has 0 bridgehead atoms. The van der Waals surface area contributed by atoms with Gasteiger partial charge in [0.1, 0.15) is 28.4 Å². The maximum Gasteiger partial charge on any atom is 0.227 e. The molecule has 0 aliphatic carbocycles. The van der Waals surface area contributed by atoms with Crippen LogP contribution in [-0.4, -0.2) is 17.5 Å². The molecule has 2 aromatic carbocycles. The molecule has 3 aromatic rings. The third kappa shape index (κ3) is 5.15. The van der Waals surface area contributed by atoms with Crippen molar-refractivity contribution in [1.82, 2.24) is 10.3 Å². The van der Waals surface area contributed by atoms with E-state index in [0.29, 0.717) is 18.4 Å². The molecule has 1 amide bonds. The number of amides is 1. The van der Waals surface area contributed by atoms with Crippen molar-refractivity contribution in [3.8, 4) is 22.4 Å². The number of ether oxygens (including phenoxy) is 1. The standard InChI is InChI=1S/C21H17F2N3O2S/c1-2-28-16-6-3-13(4-7-16)21-25-15(12-29-21)10-20(27)26-19(11-24)17-8-5-14(22)9-18(17)23/h3-9,12,19H,2,10H2,1H3,(H,26,27). The van der Waals surface area contributed by atoms with E-state index in [1.54, 1.807) is 5.38 Å². The van der Waals surface area contributed by atoms with Crippen molar-refractivity contribution >= 4 is 17.2 Å². The van der Waals surface area contributed by atoms with E-state index in [2.05, 4.69) is 10.3 Å². The zero-order chi connectivity index (χ0) is 20.8. The topological polar surface area (TPSA) is 75.0 Å². The third-order valence-electron chi connectivity index (χ3n) is 4.01. The highest BCUT2D eigenvalue weighted by Gasteiger charge is 2.19. The van der Waals surface area contributed by atoms with Crippen LogP contribution in [0, 0.1) is 23.0 Å². The molecule has 0 fully saturated rings. The van der Waals surface area contributed by atoms with Gasteiger partial charge in [0.05, 0.1) is 24.8 Å². The monoisotopic (exact) mass is 413 g/mol. The summed E-state index contributed by atoms with van der Waals surface area (Å²) in [4.78, 5) is 16.7. The van der Waals surface area contributed by atoms with Crippen LogP contribution in [0.1, 0.15) is 24.2 Å². The second kappa shape index (κ2) is 9.26. The molecule has 0 aliphatic rings. The molecule has 5 nitrogen and oxygen atoms in total. The number of nitrogens with zero attached hydrogens (tertiary/aromatic N) is 2. The van der Waals surface area contributed by atoms with Crippen LogP contribution in [0.2, 0.25) is 0 Å². The fraction of sp³-hybridized carbons (Fsp3) is 0.190. The van der Waals surface area contributed by atoms with Crippen LogP contribution in [0.25, 0.3) is 10.6 Å². The van der Waals surface area contributed by atoms with Gasteiger partial charge in [-0.05, 0) is 37.3 Å². The summed E-state index contributed by atoms with van der Waals surface area (Å²) in [6, 6.07) is 10.9. The van der Waals surface area contributed by atoms with Crippen molar-refractivity contribution < 1.29 is 18.3 Å². The molecule has 1 aromatic heterocycles. The predicted molar refractivity (Wildman–Crippen MR) is 105 cm³/mol. The number of carbonyl (C=O) groups excluding carboxylic acids is 1. The summed E-state index contributed by atoms with van der Waals surface area (Å²) < 4.78 is 32.3. The van der Waals surface area contributed by atoms with Crippen LogP contribution in [0.5, 0.6) is 5.75 Å². The van der Waals surface area contributed by atoms with Crippen LogP contribution >= 0.6 is 11.3 Å². The number of thiazole rings is 1. The highest BCUT2D eigenvalue weighted by atomic mass is 32.1. The van der Waals surface area contributed by atoms with Gasteiger partial charge in [0.15, 0.2) is 0 Å². The number of aromatic nitrogens is 1. The van der Waals surface area contributed by atoms with Crippen molar-refractivity contribution in [3.63, 3.8) is 0 Å². The molecular weight excluding hydrogens is 396 g/mol. The van der Waals surface area contributed by atoms with Gasteiger partial charge in [-0.25, -0.2) is 13.8 Å². The van der Waals surface area contributed by atoms with E-state index in [0.717, 1.165) is 28.5 Å². The molecule has 1 atom stereocenters. The van der Waals surface area contributed by atoms with Gasteiger partial charge >= 0.3 is 0 Å². The SMILES string of the molecule is CCOc1ccc(-c2nc(CC(=O)NC(C#N)c3ccc(F)cc3F)cs2)cc1. The Hall–Kier alpha value is -3.31. The van der Waals surface area contributed by atoms with E-state index in [1.807, 2.05) is 37.3 Å². The Balaban J connectivity index is 1.65. The highest BCUT2D eigenvalue weighted by Crippen LogP contribution is 2.26. The summed E-state index contributed by atoms with van der Waals surface area (Å²) in [5, 5.41) is 14.2. The number of nitriles is 1. The number of rotatable bonds is 7. The first-order valence-electron chi connectivity index (χ1n) is 8.81. The maximum atomic E-state index is 13.9. The largest absolute Gasteiger partial charge is 0.494 e. The molecule has 1 N–H and O–H groups in total. The molecule has 0 spiro atoms. The van der Waals surface area contributed by atoms with E-state index in [9.17, 15) is 18.8 Å². The van der Waals surface area contributed by atoms with Crippen LogP contribution < -0.4 is 10.1 Å². The highest BCUT2D eigenvalue weighted by molar-refractivity contribution is 7.13. The molecule has 0 aliphatic heterocycles. The molecule has 0 radical (unpaired) electrons. The number of nitrogens with one attached hydrogen (secondary N) is 1. The summed E-state index contributed by atoms with van der Waals surface area (Å²) in [5.41, 5.74) is 1.34. The minimum Gasteiger partial charge on any atom is -0.494 e. The Labute approximate surface area is 170 Å². The van der Waals surface area contributed by atoms with Crippen molar-refractivity contribution in [3.05, 3.63) is 70.7 Å². The lowest BCUT2D eigenvalue weighted by Gasteiger charge is -2.12. The molecule has 0 saturated heterocycles. The predicted octanol–water partition coefficient (Wildman–Crippen LogP) is 4.41.